The summed E-state index contributed by atoms with van der Waals surface area (Å²) in [4.78, 5) is 9.16. The van der Waals surface area contributed by atoms with Crippen LogP contribution in [-0.2, 0) is 11.2 Å². The first kappa shape index (κ1) is 25.6. The van der Waals surface area contributed by atoms with Gasteiger partial charge in [0.25, 0.3) is 0 Å². The third-order valence-electron chi connectivity index (χ3n) is 5.93. The minimum Gasteiger partial charge on any atom is -0.379 e. The van der Waals surface area contributed by atoms with Crippen molar-refractivity contribution >= 4 is 6.08 Å². The Hall–Kier alpha value is -3.04. The molecule has 0 N–H and O–H groups in total. The van der Waals surface area contributed by atoms with Crippen molar-refractivity contribution in [1.82, 2.24) is 9.97 Å². The molecule has 0 bridgehead atoms. The van der Waals surface area contributed by atoms with Crippen LogP contribution in [0.4, 0.5) is 0 Å². The second-order valence-electron chi connectivity index (χ2n) is 8.83. The Morgan fingerprint density at radius 3 is 2.26 bits per heavy atom. The number of hydrogen-bond acceptors (Lipinski definition) is 3. The van der Waals surface area contributed by atoms with E-state index in [-0.39, 0.29) is 0 Å². The van der Waals surface area contributed by atoms with Crippen molar-refractivity contribution in [2.45, 2.75) is 64.9 Å². The lowest BCUT2D eigenvalue weighted by atomic mass is 10.1. The summed E-state index contributed by atoms with van der Waals surface area (Å²) in [5.41, 5.74) is 5.63. The molecule has 1 unspecified atom stereocenters. The first-order chi connectivity index (χ1) is 16.7. The van der Waals surface area contributed by atoms with Crippen LogP contribution in [0.1, 0.15) is 63.5 Å². The lowest BCUT2D eigenvalue weighted by Crippen LogP contribution is -2.08. The van der Waals surface area contributed by atoms with Gasteiger partial charge >= 0.3 is 0 Å². The van der Waals surface area contributed by atoms with Crippen LogP contribution in [-0.4, -0.2) is 22.7 Å². The van der Waals surface area contributed by atoms with E-state index >= 15 is 0 Å². The standard InChI is InChI=1S/C31H38N2O/c1-4-6-10-22-34-25(3)12-8-7-9-13-27-14-18-28(19-15-27)30-23-32-31(33-24-30)29-20-16-26(11-5-2)17-21-29/h5,9,13-21,23-25H,2,4,6-8,10-12,22H2,1,3H3. The molecule has 0 fully saturated rings. The number of nitrogens with zero attached hydrogens (tertiary/aromatic N) is 2. The normalized spacial score (nSPS) is 12.2. The highest BCUT2D eigenvalue weighted by Gasteiger charge is 2.04. The maximum Gasteiger partial charge on any atom is 0.159 e. The highest BCUT2D eigenvalue weighted by Crippen LogP contribution is 2.22. The van der Waals surface area contributed by atoms with Gasteiger partial charge in [-0.3, -0.25) is 0 Å². The van der Waals surface area contributed by atoms with Gasteiger partial charge in [0.1, 0.15) is 0 Å². The number of benzene rings is 2. The smallest absolute Gasteiger partial charge is 0.159 e. The molecule has 3 heteroatoms. The third-order valence-corrected chi connectivity index (χ3v) is 5.93. The van der Waals surface area contributed by atoms with Gasteiger partial charge in [-0.2, -0.15) is 0 Å². The minimum atomic E-state index is 0.356. The Morgan fingerprint density at radius 1 is 0.882 bits per heavy atom. The highest BCUT2D eigenvalue weighted by molar-refractivity contribution is 5.65. The molecular formula is C31H38N2O. The molecule has 1 aromatic heterocycles. The summed E-state index contributed by atoms with van der Waals surface area (Å²) < 4.78 is 5.87. The zero-order chi connectivity index (χ0) is 24.0. The minimum absolute atomic E-state index is 0.356. The molecule has 0 saturated heterocycles. The van der Waals surface area contributed by atoms with E-state index in [1.807, 2.05) is 18.5 Å². The molecule has 0 aliphatic heterocycles. The van der Waals surface area contributed by atoms with Crippen LogP contribution in [0, 0.1) is 0 Å². The maximum atomic E-state index is 5.87. The molecule has 1 atom stereocenters. The van der Waals surface area contributed by atoms with Crippen LogP contribution in [0.3, 0.4) is 0 Å². The molecule has 0 amide bonds. The molecule has 34 heavy (non-hydrogen) atoms. The Bertz CT molecular complexity index is 1000. The van der Waals surface area contributed by atoms with E-state index in [9.17, 15) is 0 Å². The predicted octanol–water partition coefficient (Wildman–Crippen LogP) is 8.32. The van der Waals surface area contributed by atoms with Crippen LogP contribution in [0.5, 0.6) is 0 Å². The second-order valence-corrected chi connectivity index (χ2v) is 8.83. The van der Waals surface area contributed by atoms with Crippen molar-refractivity contribution in [2.24, 2.45) is 0 Å². The van der Waals surface area contributed by atoms with Gasteiger partial charge in [-0.15, -0.1) is 6.58 Å². The zero-order valence-corrected chi connectivity index (χ0v) is 20.7. The zero-order valence-electron chi connectivity index (χ0n) is 20.7. The van der Waals surface area contributed by atoms with E-state index in [0.717, 1.165) is 54.8 Å². The molecule has 1 heterocycles. The van der Waals surface area contributed by atoms with Gasteiger partial charge in [0.15, 0.2) is 5.82 Å². The summed E-state index contributed by atoms with van der Waals surface area (Å²) in [5, 5.41) is 0. The SMILES string of the molecule is C=CCc1ccc(-c2ncc(-c3ccc(C=CCCCC(C)OCCCCC)cc3)cn2)cc1. The van der Waals surface area contributed by atoms with Crippen molar-refractivity contribution in [3.05, 3.63) is 90.8 Å². The van der Waals surface area contributed by atoms with Crippen molar-refractivity contribution in [1.29, 1.82) is 0 Å². The fraction of sp³-hybridized carbons (Fsp3) is 0.355. The Balaban J connectivity index is 1.46. The first-order valence-corrected chi connectivity index (χ1v) is 12.6. The largest absolute Gasteiger partial charge is 0.379 e. The summed E-state index contributed by atoms with van der Waals surface area (Å²) in [6, 6.07) is 16.9. The average molecular weight is 455 g/mol. The molecule has 3 nitrogen and oxygen atoms in total. The van der Waals surface area contributed by atoms with E-state index in [1.165, 1.54) is 30.4 Å². The molecular weight excluding hydrogens is 416 g/mol. The molecule has 0 saturated carbocycles. The summed E-state index contributed by atoms with van der Waals surface area (Å²) in [5.74, 6) is 0.745. The van der Waals surface area contributed by atoms with Crippen molar-refractivity contribution in [2.75, 3.05) is 6.61 Å². The Kier molecular flexibility index (Phi) is 10.7. The first-order valence-electron chi connectivity index (χ1n) is 12.6. The number of unbranched alkanes of at least 4 members (excludes halogenated alkanes) is 3. The fourth-order valence-corrected chi connectivity index (χ4v) is 3.83. The van der Waals surface area contributed by atoms with E-state index < -0.39 is 0 Å². The predicted molar refractivity (Wildman–Crippen MR) is 145 cm³/mol. The van der Waals surface area contributed by atoms with Gasteiger partial charge < -0.3 is 4.74 Å². The van der Waals surface area contributed by atoms with Crippen LogP contribution in [0.25, 0.3) is 28.6 Å². The summed E-state index contributed by atoms with van der Waals surface area (Å²) in [6.07, 6.45) is 18.4. The molecule has 0 aliphatic carbocycles. The number of aromatic nitrogens is 2. The quantitative estimate of drug-likeness (QED) is 0.181. The molecule has 3 rings (SSSR count). The molecule has 0 aliphatic rings. The number of allylic oxidation sites excluding steroid dienone is 2. The average Bonchev–Trinajstić information content (AvgIpc) is 2.88. The van der Waals surface area contributed by atoms with Gasteiger partial charge in [0.2, 0.25) is 0 Å². The Labute approximate surface area is 205 Å². The van der Waals surface area contributed by atoms with Crippen molar-refractivity contribution < 1.29 is 4.74 Å². The number of ether oxygens (including phenoxy) is 1. The number of rotatable bonds is 14. The summed E-state index contributed by atoms with van der Waals surface area (Å²) in [6.45, 7) is 9.09. The van der Waals surface area contributed by atoms with Crippen LogP contribution in [0.15, 0.2) is 79.7 Å². The van der Waals surface area contributed by atoms with E-state index in [4.69, 9.17) is 4.74 Å². The number of hydrogen-bond donors (Lipinski definition) is 0. The van der Waals surface area contributed by atoms with Crippen LogP contribution in [0.2, 0.25) is 0 Å². The molecule has 3 aromatic rings. The molecule has 0 radical (unpaired) electrons. The fourth-order valence-electron chi connectivity index (χ4n) is 3.83. The molecule has 0 spiro atoms. The molecule has 178 valence electrons. The van der Waals surface area contributed by atoms with Gasteiger partial charge in [-0.05, 0) is 55.7 Å². The lowest BCUT2D eigenvalue weighted by molar-refractivity contribution is 0.0566. The maximum absolute atomic E-state index is 5.87. The van der Waals surface area contributed by atoms with Crippen molar-refractivity contribution in [3.63, 3.8) is 0 Å². The third kappa shape index (κ3) is 8.39. The lowest BCUT2D eigenvalue weighted by Gasteiger charge is -2.12. The van der Waals surface area contributed by atoms with Gasteiger partial charge in [-0.25, -0.2) is 9.97 Å². The van der Waals surface area contributed by atoms with Crippen LogP contribution >= 0.6 is 0 Å². The van der Waals surface area contributed by atoms with Crippen LogP contribution < -0.4 is 0 Å². The van der Waals surface area contributed by atoms with Gasteiger partial charge in [0, 0.05) is 30.1 Å². The van der Waals surface area contributed by atoms with E-state index in [0.29, 0.717) is 6.10 Å². The Morgan fingerprint density at radius 2 is 1.59 bits per heavy atom. The van der Waals surface area contributed by atoms with Gasteiger partial charge in [-0.1, -0.05) is 86.5 Å². The summed E-state index contributed by atoms with van der Waals surface area (Å²) >= 11 is 0. The van der Waals surface area contributed by atoms with E-state index in [2.05, 4.69) is 91.1 Å². The topological polar surface area (TPSA) is 35.0 Å². The summed E-state index contributed by atoms with van der Waals surface area (Å²) in [7, 11) is 0. The molecule has 2 aromatic carbocycles. The van der Waals surface area contributed by atoms with E-state index in [1.54, 1.807) is 0 Å². The highest BCUT2D eigenvalue weighted by atomic mass is 16.5. The van der Waals surface area contributed by atoms with Gasteiger partial charge in [0.05, 0.1) is 6.10 Å². The van der Waals surface area contributed by atoms with Crippen molar-refractivity contribution in [3.8, 4) is 22.5 Å². The monoisotopic (exact) mass is 454 g/mol. The second kappa shape index (κ2) is 14.3.